The third kappa shape index (κ3) is 2.67. The van der Waals surface area contributed by atoms with E-state index in [1.54, 1.807) is 24.3 Å². The van der Waals surface area contributed by atoms with E-state index in [0.29, 0.717) is 12.2 Å². The van der Waals surface area contributed by atoms with Crippen molar-refractivity contribution in [1.29, 1.82) is 0 Å². The van der Waals surface area contributed by atoms with E-state index in [9.17, 15) is 13.6 Å². The normalized spacial score (nSPS) is 10.4. The zero-order valence-corrected chi connectivity index (χ0v) is 10.9. The van der Waals surface area contributed by atoms with Gasteiger partial charge in [0.1, 0.15) is 17.2 Å². The van der Waals surface area contributed by atoms with Gasteiger partial charge in [0.05, 0.1) is 0 Å². The number of hydrogen-bond donors (Lipinski definition) is 1. The predicted octanol–water partition coefficient (Wildman–Crippen LogP) is 2.70. The number of halogens is 2. The Balaban J connectivity index is 2.32. The van der Waals surface area contributed by atoms with Crippen LogP contribution in [0.25, 0.3) is 0 Å². The molecule has 2 aromatic rings. The van der Waals surface area contributed by atoms with Gasteiger partial charge in [-0.05, 0) is 29.8 Å². The lowest BCUT2D eigenvalue weighted by molar-refractivity contribution is 0.0985. The van der Waals surface area contributed by atoms with Crippen molar-refractivity contribution >= 4 is 11.6 Å². The lowest BCUT2D eigenvalue weighted by atomic mass is 10.1. The fourth-order valence-electron chi connectivity index (χ4n) is 1.84. The molecule has 0 unspecified atom stereocenters. The highest BCUT2D eigenvalue weighted by Crippen LogP contribution is 2.19. The molecule has 104 valence electrons. The van der Waals surface area contributed by atoms with E-state index in [-0.39, 0.29) is 0 Å². The average Bonchev–Trinajstić information content (AvgIpc) is 2.46. The van der Waals surface area contributed by atoms with Crippen molar-refractivity contribution in [3.05, 3.63) is 65.2 Å². The van der Waals surface area contributed by atoms with E-state index in [1.807, 2.05) is 0 Å². The van der Waals surface area contributed by atoms with Crippen molar-refractivity contribution in [2.24, 2.45) is 5.73 Å². The molecule has 0 fully saturated rings. The Hall–Kier alpha value is -2.27. The third-order valence-electron chi connectivity index (χ3n) is 3.04. The summed E-state index contributed by atoms with van der Waals surface area (Å²) in [6, 6.07) is 10.2. The van der Waals surface area contributed by atoms with Crippen LogP contribution in [0.1, 0.15) is 15.9 Å². The minimum Gasteiger partial charge on any atom is -0.326 e. The van der Waals surface area contributed by atoms with Crippen molar-refractivity contribution < 1.29 is 13.6 Å². The Morgan fingerprint density at radius 2 is 1.65 bits per heavy atom. The maximum absolute atomic E-state index is 13.6. The molecule has 0 radical (unpaired) electrons. The summed E-state index contributed by atoms with van der Waals surface area (Å²) in [5.74, 6) is -2.48. The average molecular weight is 276 g/mol. The minimum absolute atomic E-state index is 0.389. The summed E-state index contributed by atoms with van der Waals surface area (Å²) < 4.78 is 27.2. The number of benzene rings is 2. The van der Waals surface area contributed by atoms with Crippen LogP contribution >= 0.6 is 0 Å². The van der Waals surface area contributed by atoms with E-state index in [2.05, 4.69) is 0 Å². The molecule has 3 nitrogen and oxygen atoms in total. The maximum Gasteiger partial charge on any atom is 0.263 e. The first-order valence-corrected chi connectivity index (χ1v) is 6.05. The van der Waals surface area contributed by atoms with Gasteiger partial charge in [0.15, 0.2) is 0 Å². The molecule has 5 heteroatoms. The molecule has 0 saturated heterocycles. The first-order chi connectivity index (χ1) is 9.54. The minimum atomic E-state index is -0.875. The number of nitrogens with zero attached hydrogens (tertiary/aromatic N) is 1. The Kier molecular flexibility index (Phi) is 4.10. The molecule has 0 saturated carbocycles. The molecule has 0 heterocycles. The van der Waals surface area contributed by atoms with Crippen LogP contribution in [0.5, 0.6) is 0 Å². The number of rotatable bonds is 3. The standard InChI is InChI=1S/C15H14F2N2O/c1-19(11-7-5-10(9-18)6-8-11)15(20)14-12(16)3-2-4-13(14)17/h2-8H,9,18H2,1H3. The van der Waals surface area contributed by atoms with Gasteiger partial charge in [0.2, 0.25) is 0 Å². The topological polar surface area (TPSA) is 46.3 Å². The maximum atomic E-state index is 13.6. The fraction of sp³-hybridized carbons (Fsp3) is 0.133. The quantitative estimate of drug-likeness (QED) is 0.937. The highest BCUT2D eigenvalue weighted by Gasteiger charge is 2.21. The number of amides is 1. The van der Waals surface area contributed by atoms with Gasteiger partial charge in [-0.15, -0.1) is 0 Å². The van der Waals surface area contributed by atoms with E-state index < -0.39 is 23.1 Å². The molecule has 0 spiro atoms. The van der Waals surface area contributed by atoms with Gasteiger partial charge in [-0.25, -0.2) is 8.78 Å². The van der Waals surface area contributed by atoms with Crippen LogP contribution in [0.2, 0.25) is 0 Å². The van der Waals surface area contributed by atoms with Crippen molar-refractivity contribution in [1.82, 2.24) is 0 Å². The van der Waals surface area contributed by atoms with E-state index in [1.165, 1.54) is 18.0 Å². The molecule has 2 N–H and O–H groups in total. The highest BCUT2D eigenvalue weighted by atomic mass is 19.1. The van der Waals surface area contributed by atoms with Crippen LogP contribution in [0.3, 0.4) is 0 Å². The Labute approximate surface area is 115 Å². The second-order valence-corrected chi connectivity index (χ2v) is 4.33. The van der Waals surface area contributed by atoms with Crippen LogP contribution in [0.4, 0.5) is 14.5 Å². The Morgan fingerprint density at radius 1 is 1.10 bits per heavy atom. The van der Waals surface area contributed by atoms with E-state index >= 15 is 0 Å². The summed E-state index contributed by atoms with van der Waals surface area (Å²) >= 11 is 0. The molecule has 0 aromatic heterocycles. The van der Waals surface area contributed by atoms with Gasteiger partial charge in [0.25, 0.3) is 5.91 Å². The summed E-state index contributed by atoms with van der Waals surface area (Å²) in [6.45, 7) is 0.389. The Morgan fingerprint density at radius 3 is 2.15 bits per heavy atom. The molecule has 0 atom stereocenters. The molecule has 0 aliphatic rings. The summed E-state index contributed by atoms with van der Waals surface area (Å²) in [5, 5.41) is 0. The lowest BCUT2D eigenvalue weighted by Crippen LogP contribution is -2.28. The van der Waals surface area contributed by atoms with Crippen molar-refractivity contribution in [2.75, 3.05) is 11.9 Å². The summed E-state index contributed by atoms with van der Waals surface area (Å²) in [4.78, 5) is 13.4. The smallest absolute Gasteiger partial charge is 0.263 e. The molecule has 2 rings (SSSR count). The fourth-order valence-corrected chi connectivity index (χ4v) is 1.84. The zero-order valence-electron chi connectivity index (χ0n) is 10.9. The predicted molar refractivity (Wildman–Crippen MR) is 73.4 cm³/mol. The molecule has 20 heavy (non-hydrogen) atoms. The van der Waals surface area contributed by atoms with Gasteiger partial charge in [0, 0.05) is 19.3 Å². The van der Waals surface area contributed by atoms with Crippen LogP contribution in [-0.2, 0) is 6.54 Å². The number of nitrogens with two attached hydrogens (primary N) is 1. The number of carbonyl (C=O) groups excluding carboxylic acids is 1. The monoisotopic (exact) mass is 276 g/mol. The van der Waals surface area contributed by atoms with Crippen LogP contribution in [-0.4, -0.2) is 13.0 Å². The number of hydrogen-bond acceptors (Lipinski definition) is 2. The number of anilines is 1. The van der Waals surface area contributed by atoms with Crippen molar-refractivity contribution in [3.63, 3.8) is 0 Å². The first kappa shape index (κ1) is 14.1. The molecule has 0 aliphatic heterocycles. The second-order valence-electron chi connectivity index (χ2n) is 4.33. The van der Waals surface area contributed by atoms with Gasteiger partial charge < -0.3 is 10.6 Å². The molecule has 1 amide bonds. The third-order valence-corrected chi connectivity index (χ3v) is 3.04. The van der Waals surface area contributed by atoms with Gasteiger partial charge in [-0.3, -0.25) is 4.79 Å². The lowest BCUT2D eigenvalue weighted by Gasteiger charge is -2.18. The summed E-state index contributed by atoms with van der Waals surface area (Å²) in [7, 11) is 1.46. The zero-order chi connectivity index (χ0) is 14.7. The van der Waals surface area contributed by atoms with Gasteiger partial charge in [-0.1, -0.05) is 18.2 Å². The van der Waals surface area contributed by atoms with Gasteiger partial charge in [-0.2, -0.15) is 0 Å². The summed E-state index contributed by atoms with van der Waals surface area (Å²) in [6.07, 6.45) is 0. The van der Waals surface area contributed by atoms with Crippen molar-refractivity contribution in [2.45, 2.75) is 6.54 Å². The highest BCUT2D eigenvalue weighted by molar-refractivity contribution is 6.06. The molecule has 0 aliphatic carbocycles. The van der Waals surface area contributed by atoms with Crippen LogP contribution in [0, 0.1) is 11.6 Å². The van der Waals surface area contributed by atoms with Crippen molar-refractivity contribution in [3.8, 4) is 0 Å². The number of carbonyl (C=O) groups is 1. The molecular weight excluding hydrogens is 262 g/mol. The summed E-state index contributed by atoms with van der Waals surface area (Å²) in [5.41, 5.74) is 6.38. The molecule has 2 aromatic carbocycles. The van der Waals surface area contributed by atoms with Crippen LogP contribution in [0.15, 0.2) is 42.5 Å². The van der Waals surface area contributed by atoms with E-state index in [0.717, 1.165) is 17.7 Å². The van der Waals surface area contributed by atoms with E-state index in [4.69, 9.17) is 5.73 Å². The van der Waals surface area contributed by atoms with Gasteiger partial charge >= 0.3 is 0 Å². The largest absolute Gasteiger partial charge is 0.326 e. The molecular formula is C15H14F2N2O. The molecule has 0 bridgehead atoms. The van der Waals surface area contributed by atoms with Crippen LogP contribution < -0.4 is 10.6 Å². The second kappa shape index (κ2) is 5.79. The first-order valence-electron chi connectivity index (χ1n) is 6.05. The Bertz CT molecular complexity index is 606. The SMILES string of the molecule is CN(C(=O)c1c(F)cccc1F)c1ccc(CN)cc1.